The van der Waals surface area contributed by atoms with Gasteiger partial charge in [-0.05, 0) is 36.8 Å². The maximum absolute atomic E-state index is 12.6. The second-order valence-electron chi connectivity index (χ2n) is 7.28. The lowest BCUT2D eigenvalue weighted by Gasteiger charge is -2.20. The summed E-state index contributed by atoms with van der Waals surface area (Å²) >= 11 is 0. The highest BCUT2D eigenvalue weighted by molar-refractivity contribution is 6.07. The van der Waals surface area contributed by atoms with Gasteiger partial charge in [0.05, 0.1) is 6.04 Å². The summed E-state index contributed by atoms with van der Waals surface area (Å²) in [6.07, 6.45) is 5.35. The number of aryl methyl sites for hydroxylation is 1. The highest BCUT2D eigenvalue weighted by Gasteiger charge is 2.52. The van der Waals surface area contributed by atoms with Gasteiger partial charge < -0.3 is 10.6 Å². The number of hydrogen-bond donors (Lipinski definition) is 2. The standard InChI is InChI=1S/C19H23N3O3/c23-16(20-15-8-7-13-5-1-2-6-14(13)15)9-12-22-17(24)19(21-18(22)25)10-3-4-11-19/h1-2,5-6,15H,3-4,7-12H2,(H,20,23)(H,21,25). The second kappa shape index (κ2) is 6.17. The largest absolute Gasteiger partial charge is 0.349 e. The number of fused-ring (bicyclic) bond motifs is 1. The van der Waals surface area contributed by atoms with Crippen LogP contribution in [0.5, 0.6) is 0 Å². The van der Waals surface area contributed by atoms with E-state index in [4.69, 9.17) is 0 Å². The number of hydrogen-bond acceptors (Lipinski definition) is 3. The van der Waals surface area contributed by atoms with Gasteiger partial charge in [0.2, 0.25) is 5.91 Å². The molecule has 6 heteroatoms. The molecule has 4 amide bonds. The summed E-state index contributed by atoms with van der Waals surface area (Å²) in [7, 11) is 0. The molecule has 2 aliphatic carbocycles. The number of carbonyl (C=O) groups is 3. The van der Waals surface area contributed by atoms with E-state index in [-0.39, 0.29) is 36.9 Å². The van der Waals surface area contributed by atoms with Crippen LogP contribution >= 0.6 is 0 Å². The van der Waals surface area contributed by atoms with Crippen LogP contribution in [0.3, 0.4) is 0 Å². The summed E-state index contributed by atoms with van der Waals surface area (Å²) in [5, 5.41) is 5.89. The van der Waals surface area contributed by atoms with Crippen molar-refractivity contribution in [2.24, 2.45) is 0 Å². The smallest absolute Gasteiger partial charge is 0.325 e. The fraction of sp³-hybridized carbons (Fsp3) is 0.526. The summed E-state index contributed by atoms with van der Waals surface area (Å²) in [6, 6.07) is 7.82. The van der Waals surface area contributed by atoms with Crippen molar-refractivity contribution in [2.75, 3.05) is 6.54 Å². The highest BCUT2D eigenvalue weighted by Crippen LogP contribution is 2.35. The van der Waals surface area contributed by atoms with E-state index in [9.17, 15) is 14.4 Å². The minimum Gasteiger partial charge on any atom is -0.349 e. The fourth-order valence-corrected chi connectivity index (χ4v) is 4.38. The molecule has 4 rings (SSSR count). The van der Waals surface area contributed by atoms with E-state index >= 15 is 0 Å². The summed E-state index contributed by atoms with van der Waals surface area (Å²) < 4.78 is 0. The fourth-order valence-electron chi connectivity index (χ4n) is 4.38. The van der Waals surface area contributed by atoms with Crippen LogP contribution in [0.4, 0.5) is 4.79 Å². The molecule has 0 radical (unpaired) electrons. The van der Waals surface area contributed by atoms with Gasteiger partial charge in [0.25, 0.3) is 5.91 Å². The number of rotatable bonds is 4. The van der Waals surface area contributed by atoms with Gasteiger partial charge in [-0.25, -0.2) is 4.79 Å². The molecule has 25 heavy (non-hydrogen) atoms. The first-order valence-electron chi connectivity index (χ1n) is 9.10. The third-order valence-corrected chi connectivity index (χ3v) is 5.73. The van der Waals surface area contributed by atoms with Gasteiger partial charge in [-0.2, -0.15) is 0 Å². The van der Waals surface area contributed by atoms with Crippen molar-refractivity contribution in [1.82, 2.24) is 15.5 Å². The van der Waals surface area contributed by atoms with E-state index < -0.39 is 5.54 Å². The minimum atomic E-state index is -0.696. The van der Waals surface area contributed by atoms with Crippen LogP contribution in [0.2, 0.25) is 0 Å². The molecule has 1 aromatic carbocycles. The summed E-state index contributed by atoms with van der Waals surface area (Å²) in [6.45, 7) is 0.145. The predicted octanol–water partition coefficient (Wildman–Crippen LogP) is 2.04. The molecule has 1 aromatic rings. The lowest BCUT2D eigenvalue weighted by Crippen LogP contribution is -2.44. The lowest BCUT2D eigenvalue weighted by molar-refractivity contribution is -0.131. The number of carbonyl (C=O) groups excluding carboxylic acids is 3. The summed E-state index contributed by atoms with van der Waals surface area (Å²) in [5.41, 5.74) is 1.76. The maximum Gasteiger partial charge on any atom is 0.325 e. The van der Waals surface area contributed by atoms with Gasteiger partial charge >= 0.3 is 6.03 Å². The van der Waals surface area contributed by atoms with Crippen molar-refractivity contribution in [3.8, 4) is 0 Å². The molecule has 3 aliphatic rings. The summed E-state index contributed by atoms with van der Waals surface area (Å²) in [4.78, 5) is 38.2. The van der Waals surface area contributed by atoms with Gasteiger partial charge in [0, 0.05) is 13.0 Å². The van der Waals surface area contributed by atoms with Crippen molar-refractivity contribution < 1.29 is 14.4 Å². The maximum atomic E-state index is 12.6. The van der Waals surface area contributed by atoms with Crippen LogP contribution in [0, 0.1) is 0 Å². The van der Waals surface area contributed by atoms with Crippen LogP contribution in [-0.4, -0.2) is 34.8 Å². The Morgan fingerprint density at radius 2 is 2.00 bits per heavy atom. The molecule has 0 aromatic heterocycles. The van der Waals surface area contributed by atoms with Crippen LogP contribution in [0.15, 0.2) is 24.3 Å². The van der Waals surface area contributed by atoms with Crippen LogP contribution in [-0.2, 0) is 16.0 Å². The van der Waals surface area contributed by atoms with Crippen LogP contribution < -0.4 is 10.6 Å². The molecular weight excluding hydrogens is 318 g/mol. The molecule has 1 aliphatic heterocycles. The zero-order valence-electron chi connectivity index (χ0n) is 14.2. The van der Waals surface area contributed by atoms with Crippen molar-refractivity contribution in [3.05, 3.63) is 35.4 Å². The Morgan fingerprint density at radius 1 is 1.24 bits per heavy atom. The van der Waals surface area contributed by atoms with Gasteiger partial charge in [-0.3, -0.25) is 14.5 Å². The molecule has 2 N–H and O–H groups in total. The normalized spacial score (nSPS) is 23.8. The SMILES string of the molecule is O=C(CCN1C(=O)NC2(CCCC2)C1=O)NC1CCc2ccccc21. The third-order valence-electron chi connectivity index (χ3n) is 5.73. The molecule has 6 nitrogen and oxygen atoms in total. The quantitative estimate of drug-likeness (QED) is 0.823. The first-order valence-corrected chi connectivity index (χ1v) is 9.10. The highest BCUT2D eigenvalue weighted by atomic mass is 16.2. The number of nitrogens with zero attached hydrogens (tertiary/aromatic N) is 1. The minimum absolute atomic E-state index is 0.0352. The van der Waals surface area contributed by atoms with Crippen molar-refractivity contribution in [1.29, 1.82) is 0 Å². The number of nitrogens with one attached hydrogen (secondary N) is 2. The zero-order chi connectivity index (χ0) is 17.4. The Bertz CT molecular complexity index is 724. The molecule has 1 unspecified atom stereocenters. The molecular formula is C19H23N3O3. The van der Waals surface area contributed by atoms with E-state index in [1.54, 1.807) is 0 Å². The van der Waals surface area contributed by atoms with E-state index in [1.165, 1.54) is 16.0 Å². The Kier molecular flexibility index (Phi) is 3.98. The number of amides is 4. The Balaban J connectivity index is 1.34. The first-order chi connectivity index (χ1) is 12.1. The summed E-state index contributed by atoms with van der Waals surface area (Å²) in [5.74, 6) is -0.274. The van der Waals surface area contributed by atoms with Gasteiger partial charge in [0.1, 0.15) is 5.54 Å². The molecule has 132 valence electrons. The molecule has 1 saturated carbocycles. The number of benzene rings is 1. The monoisotopic (exact) mass is 341 g/mol. The Labute approximate surface area is 147 Å². The van der Waals surface area contributed by atoms with Crippen LogP contribution in [0.25, 0.3) is 0 Å². The van der Waals surface area contributed by atoms with Crippen molar-refractivity contribution in [3.63, 3.8) is 0 Å². The number of urea groups is 1. The Hall–Kier alpha value is -2.37. The molecule has 1 spiro atoms. The van der Waals surface area contributed by atoms with Gasteiger partial charge in [0.15, 0.2) is 0 Å². The third kappa shape index (κ3) is 2.79. The molecule has 1 heterocycles. The second-order valence-corrected chi connectivity index (χ2v) is 7.28. The topological polar surface area (TPSA) is 78.5 Å². The van der Waals surface area contributed by atoms with Crippen LogP contribution in [0.1, 0.15) is 55.7 Å². The lowest BCUT2D eigenvalue weighted by atomic mass is 9.98. The van der Waals surface area contributed by atoms with E-state index in [0.717, 1.165) is 25.7 Å². The molecule has 1 atom stereocenters. The first kappa shape index (κ1) is 16.1. The van der Waals surface area contributed by atoms with Crippen molar-refractivity contribution in [2.45, 2.75) is 56.5 Å². The van der Waals surface area contributed by atoms with E-state index in [0.29, 0.717) is 12.8 Å². The Morgan fingerprint density at radius 3 is 2.80 bits per heavy atom. The predicted molar refractivity (Wildman–Crippen MR) is 91.7 cm³/mol. The van der Waals surface area contributed by atoms with E-state index in [2.05, 4.69) is 22.8 Å². The molecule has 0 bridgehead atoms. The number of imide groups is 1. The van der Waals surface area contributed by atoms with E-state index in [1.807, 2.05) is 12.1 Å². The average Bonchev–Trinajstić information content (AvgIpc) is 3.28. The van der Waals surface area contributed by atoms with Gasteiger partial charge in [-0.1, -0.05) is 37.1 Å². The zero-order valence-corrected chi connectivity index (χ0v) is 14.2. The average molecular weight is 341 g/mol. The molecule has 2 fully saturated rings. The van der Waals surface area contributed by atoms with Crippen molar-refractivity contribution >= 4 is 17.8 Å². The molecule has 1 saturated heterocycles. The van der Waals surface area contributed by atoms with Gasteiger partial charge in [-0.15, -0.1) is 0 Å².